The number of benzene rings is 2. The van der Waals surface area contributed by atoms with Gasteiger partial charge in [0.25, 0.3) is 0 Å². The van der Waals surface area contributed by atoms with E-state index in [9.17, 15) is 4.39 Å². The Hall–Kier alpha value is -3.54. The molecule has 1 fully saturated rings. The van der Waals surface area contributed by atoms with Gasteiger partial charge in [-0.3, -0.25) is 4.40 Å². The van der Waals surface area contributed by atoms with Gasteiger partial charge < -0.3 is 15.1 Å². The van der Waals surface area contributed by atoms with Crippen LogP contribution in [-0.2, 0) is 6.54 Å². The van der Waals surface area contributed by atoms with Crippen LogP contribution in [0.2, 0.25) is 0 Å². The van der Waals surface area contributed by atoms with Crippen LogP contribution in [0.5, 0.6) is 0 Å². The van der Waals surface area contributed by atoms with Crippen LogP contribution in [0, 0.1) is 19.7 Å². The summed E-state index contributed by atoms with van der Waals surface area (Å²) in [7, 11) is 0. The van der Waals surface area contributed by atoms with E-state index in [0.29, 0.717) is 0 Å². The van der Waals surface area contributed by atoms with Crippen LogP contribution in [0.15, 0.2) is 66.7 Å². The molecule has 32 heavy (non-hydrogen) atoms. The van der Waals surface area contributed by atoms with Crippen LogP contribution in [0.4, 0.5) is 21.5 Å². The number of hydrogen-bond acceptors (Lipinski definition) is 4. The third-order valence-corrected chi connectivity index (χ3v) is 6.30. The van der Waals surface area contributed by atoms with Gasteiger partial charge in [-0.15, -0.1) is 0 Å². The Bertz CT molecular complexity index is 1210. The minimum absolute atomic E-state index is 0.187. The Morgan fingerprint density at radius 2 is 1.41 bits per heavy atom. The van der Waals surface area contributed by atoms with Crippen molar-refractivity contribution < 1.29 is 4.39 Å². The van der Waals surface area contributed by atoms with E-state index in [1.54, 1.807) is 0 Å². The van der Waals surface area contributed by atoms with E-state index < -0.39 is 0 Å². The van der Waals surface area contributed by atoms with E-state index in [4.69, 9.17) is 0 Å². The summed E-state index contributed by atoms with van der Waals surface area (Å²) in [4.78, 5) is 9.40. The van der Waals surface area contributed by atoms with Crippen LogP contribution < -0.4 is 15.1 Å². The number of halogens is 1. The third-order valence-electron chi connectivity index (χ3n) is 6.30. The molecule has 1 aliphatic heterocycles. The highest BCUT2D eigenvalue weighted by atomic mass is 19.1. The van der Waals surface area contributed by atoms with Crippen LogP contribution in [0.1, 0.15) is 17.1 Å². The maximum atomic E-state index is 13.2. The summed E-state index contributed by atoms with van der Waals surface area (Å²) in [6, 6.07) is 21.6. The molecule has 5 rings (SSSR count). The Balaban J connectivity index is 1.21. The molecule has 1 N–H and O–H groups in total. The van der Waals surface area contributed by atoms with Crippen molar-refractivity contribution in [3.63, 3.8) is 0 Å². The van der Waals surface area contributed by atoms with E-state index in [2.05, 4.69) is 68.7 Å². The topological polar surface area (TPSA) is 35.8 Å². The Morgan fingerprint density at radius 3 is 2.03 bits per heavy atom. The fraction of sp³-hybridized carbons (Fsp3) is 0.269. The first-order valence-electron chi connectivity index (χ1n) is 11.1. The first-order chi connectivity index (χ1) is 15.6. The van der Waals surface area contributed by atoms with Gasteiger partial charge in [0, 0.05) is 48.9 Å². The molecule has 1 saturated heterocycles. The molecule has 6 heteroatoms. The first-order valence-corrected chi connectivity index (χ1v) is 11.1. The van der Waals surface area contributed by atoms with Crippen LogP contribution in [-0.4, -0.2) is 35.6 Å². The molecule has 4 aromatic rings. The summed E-state index contributed by atoms with van der Waals surface area (Å²) in [5, 5.41) is 3.55. The van der Waals surface area contributed by atoms with Crippen molar-refractivity contribution in [2.75, 3.05) is 41.3 Å². The summed E-state index contributed by atoms with van der Waals surface area (Å²) in [5.41, 5.74) is 7.85. The molecular weight excluding hydrogens is 401 g/mol. The number of aromatic nitrogens is 2. The lowest BCUT2D eigenvalue weighted by Gasteiger charge is -2.37. The van der Waals surface area contributed by atoms with Gasteiger partial charge in [0.2, 0.25) is 0 Å². The molecule has 0 radical (unpaired) electrons. The molecular formula is C26H28FN5. The molecule has 0 aliphatic carbocycles. The van der Waals surface area contributed by atoms with Crippen molar-refractivity contribution >= 4 is 22.7 Å². The number of nitrogens with zero attached hydrogens (tertiary/aromatic N) is 4. The molecule has 0 spiro atoms. The molecule has 0 bridgehead atoms. The standard InChI is InChI=1S/C26H28FN5/c1-19-4-3-5-26-29-20(2)25(32(19)26)18-28-22-8-12-24(13-9-22)31-16-14-30(15-17-31)23-10-6-21(27)7-11-23/h3-13,28H,14-18H2,1-2H3. The molecule has 0 unspecified atom stereocenters. The van der Waals surface area contributed by atoms with Crippen molar-refractivity contribution in [3.05, 3.63) is 89.6 Å². The normalized spacial score (nSPS) is 14.2. The Labute approximate surface area is 188 Å². The predicted octanol–water partition coefficient (Wildman–Crippen LogP) is 5.03. The second-order valence-corrected chi connectivity index (χ2v) is 8.36. The molecule has 0 atom stereocenters. The SMILES string of the molecule is Cc1nc2cccc(C)n2c1CNc1ccc(N2CCN(c3ccc(F)cc3)CC2)cc1. The van der Waals surface area contributed by atoms with Gasteiger partial charge >= 0.3 is 0 Å². The number of piperazine rings is 1. The minimum atomic E-state index is -0.187. The van der Waals surface area contributed by atoms with Gasteiger partial charge in [-0.2, -0.15) is 0 Å². The Kier molecular flexibility index (Phi) is 5.43. The van der Waals surface area contributed by atoms with Crippen LogP contribution in [0.25, 0.3) is 5.65 Å². The van der Waals surface area contributed by atoms with Gasteiger partial charge in [0.05, 0.1) is 17.9 Å². The minimum Gasteiger partial charge on any atom is -0.379 e. The molecule has 0 saturated carbocycles. The molecule has 0 amide bonds. The average molecular weight is 430 g/mol. The van der Waals surface area contributed by atoms with Crippen molar-refractivity contribution in [1.82, 2.24) is 9.38 Å². The van der Waals surface area contributed by atoms with Crippen molar-refractivity contribution in [2.45, 2.75) is 20.4 Å². The van der Waals surface area contributed by atoms with Gasteiger partial charge in [-0.05, 0) is 74.5 Å². The van der Waals surface area contributed by atoms with E-state index in [-0.39, 0.29) is 5.82 Å². The lowest BCUT2D eigenvalue weighted by Crippen LogP contribution is -2.46. The summed E-state index contributed by atoms with van der Waals surface area (Å²) in [6.07, 6.45) is 0. The molecule has 164 valence electrons. The summed E-state index contributed by atoms with van der Waals surface area (Å²) < 4.78 is 15.4. The average Bonchev–Trinajstić information content (AvgIpc) is 3.15. The van der Waals surface area contributed by atoms with Crippen LogP contribution in [0.3, 0.4) is 0 Å². The lowest BCUT2D eigenvalue weighted by molar-refractivity contribution is 0.625. The molecule has 5 nitrogen and oxygen atoms in total. The molecule has 3 heterocycles. The number of fused-ring (bicyclic) bond motifs is 1. The number of hydrogen-bond donors (Lipinski definition) is 1. The predicted molar refractivity (Wildman–Crippen MR) is 129 cm³/mol. The number of pyridine rings is 1. The molecule has 1 aliphatic rings. The van der Waals surface area contributed by atoms with Gasteiger partial charge in [-0.1, -0.05) is 6.07 Å². The van der Waals surface area contributed by atoms with Gasteiger partial charge in [0.1, 0.15) is 11.5 Å². The second-order valence-electron chi connectivity index (χ2n) is 8.36. The second kappa shape index (κ2) is 8.54. The highest BCUT2D eigenvalue weighted by molar-refractivity contribution is 5.57. The molecule has 2 aromatic carbocycles. The van der Waals surface area contributed by atoms with E-state index in [1.807, 2.05) is 24.3 Å². The fourth-order valence-corrected chi connectivity index (χ4v) is 4.50. The summed E-state index contributed by atoms with van der Waals surface area (Å²) in [6.45, 7) is 8.67. The quantitative estimate of drug-likeness (QED) is 0.483. The maximum absolute atomic E-state index is 13.2. The highest BCUT2D eigenvalue weighted by Crippen LogP contribution is 2.23. The van der Waals surface area contributed by atoms with E-state index >= 15 is 0 Å². The summed E-state index contributed by atoms with van der Waals surface area (Å²) in [5.74, 6) is -0.187. The lowest BCUT2D eigenvalue weighted by atomic mass is 10.2. The number of imidazole rings is 1. The van der Waals surface area contributed by atoms with Crippen molar-refractivity contribution in [3.8, 4) is 0 Å². The zero-order valence-corrected chi connectivity index (χ0v) is 18.6. The fourth-order valence-electron chi connectivity index (χ4n) is 4.50. The molecule has 2 aromatic heterocycles. The number of anilines is 3. The smallest absolute Gasteiger partial charge is 0.137 e. The van der Waals surface area contributed by atoms with E-state index in [0.717, 1.165) is 55.4 Å². The Morgan fingerprint density at radius 1 is 0.812 bits per heavy atom. The highest BCUT2D eigenvalue weighted by Gasteiger charge is 2.17. The van der Waals surface area contributed by atoms with E-state index in [1.165, 1.54) is 29.2 Å². The van der Waals surface area contributed by atoms with Gasteiger partial charge in [0.15, 0.2) is 0 Å². The largest absolute Gasteiger partial charge is 0.379 e. The first kappa shape index (κ1) is 20.4. The number of aryl methyl sites for hydroxylation is 2. The van der Waals surface area contributed by atoms with Gasteiger partial charge in [-0.25, -0.2) is 9.37 Å². The number of rotatable bonds is 5. The third kappa shape index (κ3) is 4.00. The zero-order valence-electron chi connectivity index (χ0n) is 18.6. The van der Waals surface area contributed by atoms with Crippen LogP contribution >= 0.6 is 0 Å². The summed E-state index contributed by atoms with van der Waals surface area (Å²) >= 11 is 0. The van der Waals surface area contributed by atoms with Crippen molar-refractivity contribution in [1.29, 1.82) is 0 Å². The monoisotopic (exact) mass is 429 g/mol. The van der Waals surface area contributed by atoms with Crippen molar-refractivity contribution in [2.24, 2.45) is 0 Å². The maximum Gasteiger partial charge on any atom is 0.137 e. The zero-order chi connectivity index (χ0) is 22.1. The number of nitrogens with one attached hydrogen (secondary N) is 1.